The minimum atomic E-state index is 0.0796. The summed E-state index contributed by atoms with van der Waals surface area (Å²) >= 11 is 1.62. The van der Waals surface area contributed by atoms with Gasteiger partial charge in [0.2, 0.25) is 5.91 Å². The van der Waals surface area contributed by atoms with E-state index in [1.807, 2.05) is 29.6 Å². The summed E-state index contributed by atoms with van der Waals surface area (Å²) in [6.45, 7) is 2.76. The van der Waals surface area contributed by atoms with Crippen molar-refractivity contribution in [3.05, 3.63) is 46.5 Å². The number of rotatable bonds is 6. The number of amides is 1. The van der Waals surface area contributed by atoms with Crippen LogP contribution in [0.2, 0.25) is 0 Å². The van der Waals surface area contributed by atoms with Crippen molar-refractivity contribution in [2.45, 2.75) is 31.7 Å². The molecule has 0 saturated carbocycles. The lowest BCUT2D eigenvalue weighted by atomic mass is 10.1. The van der Waals surface area contributed by atoms with Gasteiger partial charge in [0.25, 0.3) is 0 Å². The van der Waals surface area contributed by atoms with Crippen LogP contribution in [0.5, 0.6) is 0 Å². The second-order valence-corrected chi connectivity index (χ2v) is 6.72. The highest BCUT2D eigenvalue weighted by Crippen LogP contribution is 2.24. The molecule has 3 rings (SSSR count). The lowest BCUT2D eigenvalue weighted by Gasteiger charge is -2.33. The van der Waals surface area contributed by atoms with Gasteiger partial charge in [0.05, 0.1) is 18.7 Å². The summed E-state index contributed by atoms with van der Waals surface area (Å²) in [5.74, 6) is 1.02. The summed E-state index contributed by atoms with van der Waals surface area (Å²) in [6, 6.07) is 8.04. The van der Waals surface area contributed by atoms with Crippen molar-refractivity contribution < 1.29 is 9.21 Å². The molecular formula is C17H22N2O2S. The standard InChI is InChI=1S/C17H22N2O2S/c20-17(12-14-6-5-11-22-14)18-13-15(16-7-4-10-21-16)19-8-2-1-3-9-19/h4-7,10-11,15H,1-3,8-9,12-13H2,(H,18,20)/t15-/m0/s1. The third kappa shape index (κ3) is 3.99. The van der Waals surface area contributed by atoms with Crippen LogP contribution in [-0.2, 0) is 11.2 Å². The van der Waals surface area contributed by atoms with E-state index in [2.05, 4.69) is 10.2 Å². The van der Waals surface area contributed by atoms with Gasteiger partial charge in [0.15, 0.2) is 0 Å². The Morgan fingerprint density at radius 3 is 2.82 bits per heavy atom. The van der Waals surface area contributed by atoms with Crippen LogP contribution in [0.15, 0.2) is 40.3 Å². The van der Waals surface area contributed by atoms with Gasteiger partial charge >= 0.3 is 0 Å². The summed E-state index contributed by atoms with van der Waals surface area (Å²) in [6.07, 6.45) is 5.91. The fourth-order valence-electron chi connectivity index (χ4n) is 2.96. The first-order valence-corrected chi connectivity index (χ1v) is 8.77. The van der Waals surface area contributed by atoms with Crippen LogP contribution in [0.1, 0.15) is 35.9 Å². The van der Waals surface area contributed by atoms with Crippen LogP contribution in [-0.4, -0.2) is 30.4 Å². The van der Waals surface area contributed by atoms with Crippen LogP contribution in [0.4, 0.5) is 0 Å². The Bertz CT molecular complexity index is 560. The molecule has 1 N–H and O–H groups in total. The highest BCUT2D eigenvalue weighted by molar-refractivity contribution is 7.10. The zero-order valence-corrected chi connectivity index (χ0v) is 13.5. The van der Waals surface area contributed by atoms with Crippen molar-refractivity contribution in [2.75, 3.05) is 19.6 Å². The van der Waals surface area contributed by atoms with Crippen molar-refractivity contribution in [1.29, 1.82) is 0 Å². The van der Waals surface area contributed by atoms with E-state index < -0.39 is 0 Å². The van der Waals surface area contributed by atoms with Gasteiger partial charge in [-0.25, -0.2) is 0 Å². The summed E-state index contributed by atoms with van der Waals surface area (Å²) < 4.78 is 5.60. The van der Waals surface area contributed by atoms with E-state index in [1.54, 1.807) is 17.6 Å². The summed E-state index contributed by atoms with van der Waals surface area (Å²) in [5, 5.41) is 5.07. The molecule has 1 aliphatic heterocycles. The Balaban J connectivity index is 1.59. The third-order valence-electron chi connectivity index (χ3n) is 4.11. The van der Waals surface area contributed by atoms with Crippen LogP contribution in [0.3, 0.4) is 0 Å². The Labute approximate surface area is 135 Å². The highest BCUT2D eigenvalue weighted by Gasteiger charge is 2.24. The average molecular weight is 318 g/mol. The van der Waals surface area contributed by atoms with Crippen LogP contribution in [0, 0.1) is 0 Å². The molecule has 4 nitrogen and oxygen atoms in total. The van der Waals surface area contributed by atoms with Gasteiger partial charge in [-0.1, -0.05) is 12.5 Å². The smallest absolute Gasteiger partial charge is 0.225 e. The first-order valence-electron chi connectivity index (χ1n) is 7.89. The minimum Gasteiger partial charge on any atom is -0.468 e. The van der Waals surface area contributed by atoms with Crippen molar-refractivity contribution in [3.63, 3.8) is 0 Å². The average Bonchev–Trinajstić information content (AvgIpc) is 3.22. The summed E-state index contributed by atoms with van der Waals surface area (Å²) in [4.78, 5) is 15.6. The summed E-state index contributed by atoms with van der Waals surface area (Å²) in [5.41, 5.74) is 0. The highest BCUT2D eigenvalue weighted by atomic mass is 32.1. The Morgan fingerprint density at radius 2 is 2.14 bits per heavy atom. The number of carbonyl (C=O) groups is 1. The molecule has 5 heteroatoms. The first kappa shape index (κ1) is 15.3. The van der Waals surface area contributed by atoms with Gasteiger partial charge in [0, 0.05) is 11.4 Å². The molecule has 1 amide bonds. The molecule has 2 aromatic heterocycles. The molecule has 0 radical (unpaired) electrons. The molecule has 0 aliphatic carbocycles. The van der Waals surface area contributed by atoms with Gasteiger partial charge in [-0.15, -0.1) is 11.3 Å². The van der Waals surface area contributed by atoms with E-state index in [1.165, 1.54) is 19.3 Å². The monoisotopic (exact) mass is 318 g/mol. The molecule has 1 fully saturated rings. The minimum absolute atomic E-state index is 0.0796. The predicted octanol–water partition coefficient (Wildman–Crippen LogP) is 3.23. The normalized spacial score (nSPS) is 17.3. The maximum atomic E-state index is 12.1. The number of thiophene rings is 1. The van der Waals surface area contributed by atoms with Crippen LogP contribution < -0.4 is 5.32 Å². The van der Waals surface area contributed by atoms with E-state index >= 15 is 0 Å². The number of carbonyl (C=O) groups excluding carboxylic acids is 1. The number of nitrogens with one attached hydrogen (secondary N) is 1. The van der Waals surface area contributed by atoms with Gasteiger partial charge in [-0.3, -0.25) is 9.69 Å². The van der Waals surface area contributed by atoms with E-state index in [-0.39, 0.29) is 11.9 Å². The van der Waals surface area contributed by atoms with Crippen LogP contribution >= 0.6 is 11.3 Å². The molecule has 1 aliphatic rings. The summed E-state index contributed by atoms with van der Waals surface area (Å²) in [7, 11) is 0. The number of furan rings is 1. The number of hydrogen-bond donors (Lipinski definition) is 1. The second kappa shape index (κ2) is 7.61. The zero-order valence-electron chi connectivity index (χ0n) is 12.7. The number of piperidine rings is 1. The SMILES string of the molecule is O=C(Cc1cccs1)NC[C@@H](c1ccco1)N1CCCCC1. The van der Waals surface area contributed by atoms with E-state index in [0.29, 0.717) is 13.0 Å². The molecule has 0 bridgehead atoms. The predicted molar refractivity (Wildman–Crippen MR) is 87.9 cm³/mol. The first-order chi connectivity index (χ1) is 10.8. The molecule has 1 atom stereocenters. The van der Waals surface area contributed by atoms with Crippen LogP contribution in [0.25, 0.3) is 0 Å². The van der Waals surface area contributed by atoms with E-state index in [9.17, 15) is 4.79 Å². The van der Waals surface area contributed by atoms with Crippen molar-refractivity contribution >= 4 is 17.2 Å². The number of nitrogens with zero attached hydrogens (tertiary/aromatic N) is 1. The molecular weight excluding hydrogens is 296 g/mol. The van der Waals surface area contributed by atoms with E-state index in [4.69, 9.17) is 4.42 Å². The fraction of sp³-hybridized carbons (Fsp3) is 0.471. The molecule has 1 saturated heterocycles. The van der Waals surface area contributed by atoms with Crippen molar-refractivity contribution in [1.82, 2.24) is 10.2 Å². The maximum Gasteiger partial charge on any atom is 0.225 e. The molecule has 118 valence electrons. The van der Waals surface area contributed by atoms with Gasteiger partial charge < -0.3 is 9.73 Å². The van der Waals surface area contributed by atoms with E-state index in [0.717, 1.165) is 23.7 Å². The molecule has 0 aromatic carbocycles. The Morgan fingerprint density at radius 1 is 1.27 bits per heavy atom. The molecule has 0 spiro atoms. The second-order valence-electron chi connectivity index (χ2n) is 5.69. The van der Waals surface area contributed by atoms with Gasteiger partial charge in [0.1, 0.15) is 5.76 Å². The van der Waals surface area contributed by atoms with Gasteiger partial charge in [-0.05, 0) is 49.5 Å². The van der Waals surface area contributed by atoms with Crippen molar-refractivity contribution in [3.8, 4) is 0 Å². The zero-order chi connectivity index (χ0) is 15.2. The van der Waals surface area contributed by atoms with Crippen molar-refractivity contribution in [2.24, 2.45) is 0 Å². The lowest BCUT2D eigenvalue weighted by molar-refractivity contribution is -0.120. The maximum absolute atomic E-state index is 12.1. The number of likely N-dealkylation sites (tertiary alicyclic amines) is 1. The number of hydrogen-bond acceptors (Lipinski definition) is 4. The van der Waals surface area contributed by atoms with Gasteiger partial charge in [-0.2, -0.15) is 0 Å². The lowest BCUT2D eigenvalue weighted by Crippen LogP contribution is -2.40. The quantitative estimate of drug-likeness (QED) is 0.889. The Hall–Kier alpha value is -1.59. The molecule has 22 heavy (non-hydrogen) atoms. The largest absolute Gasteiger partial charge is 0.468 e. The fourth-order valence-corrected chi connectivity index (χ4v) is 3.67. The molecule has 2 aromatic rings. The topological polar surface area (TPSA) is 45.5 Å². The molecule has 0 unspecified atom stereocenters. The molecule has 3 heterocycles. The third-order valence-corrected chi connectivity index (χ3v) is 4.99. The Kier molecular flexibility index (Phi) is 5.29.